The van der Waals surface area contributed by atoms with E-state index in [1.165, 1.54) is 5.39 Å². The van der Waals surface area contributed by atoms with Crippen LogP contribution < -0.4 is 0 Å². The van der Waals surface area contributed by atoms with Crippen molar-refractivity contribution in [2.45, 2.75) is 0 Å². The molecule has 2 aromatic heterocycles. The van der Waals surface area contributed by atoms with Crippen molar-refractivity contribution < 1.29 is 0 Å². The SMILES string of the molecule is N#Cc1ccc(-n2c3ccccc3c3cccc(-c4cccc5c6ccccc6n(-c6ccccc6-c6ccccc6C#N)c45)c32)cc1. The van der Waals surface area contributed by atoms with Crippen molar-refractivity contribution in [3.63, 3.8) is 0 Å². The molecule has 0 unspecified atom stereocenters. The lowest BCUT2D eigenvalue weighted by Crippen LogP contribution is -2.00. The first kappa shape index (κ1) is 27.4. The highest BCUT2D eigenvalue weighted by atomic mass is 15.0. The van der Waals surface area contributed by atoms with E-state index >= 15 is 0 Å². The van der Waals surface area contributed by atoms with Crippen LogP contribution in [0.3, 0.4) is 0 Å². The Labute approximate surface area is 277 Å². The quantitative estimate of drug-likeness (QED) is 0.199. The van der Waals surface area contributed by atoms with E-state index in [-0.39, 0.29) is 0 Å². The zero-order chi connectivity index (χ0) is 32.2. The molecule has 4 nitrogen and oxygen atoms in total. The van der Waals surface area contributed by atoms with Crippen LogP contribution in [-0.4, -0.2) is 9.13 Å². The normalized spacial score (nSPS) is 11.3. The molecule has 0 aliphatic carbocycles. The molecule has 2 heterocycles. The predicted octanol–water partition coefficient (Wildman–Crippen LogP) is 11.0. The largest absolute Gasteiger partial charge is 0.309 e. The van der Waals surface area contributed by atoms with E-state index < -0.39 is 0 Å². The summed E-state index contributed by atoms with van der Waals surface area (Å²) >= 11 is 0. The smallest absolute Gasteiger partial charge is 0.0998 e. The van der Waals surface area contributed by atoms with Crippen LogP contribution in [-0.2, 0) is 0 Å². The fraction of sp³-hybridized carbons (Fsp3) is 0. The molecule has 0 saturated carbocycles. The van der Waals surface area contributed by atoms with Crippen molar-refractivity contribution in [1.29, 1.82) is 10.5 Å². The van der Waals surface area contributed by atoms with Gasteiger partial charge in [-0.25, -0.2) is 0 Å². The molecule has 4 heteroatoms. The summed E-state index contributed by atoms with van der Waals surface area (Å²) in [6.07, 6.45) is 0. The maximum atomic E-state index is 10.1. The van der Waals surface area contributed by atoms with Crippen LogP contribution in [0.2, 0.25) is 0 Å². The van der Waals surface area contributed by atoms with Gasteiger partial charge < -0.3 is 9.13 Å². The van der Waals surface area contributed by atoms with E-state index in [0.29, 0.717) is 11.1 Å². The Morgan fingerprint density at radius 3 is 1.52 bits per heavy atom. The van der Waals surface area contributed by atoms with E-state index in [1.807, 2.05) is 54.6 Å². The molecule has 0 amide bonds. The van der Waals surface area contributed by atoms with E-state index in [1.54, 1.807) is 0 Å². The number of nitrogens with zero attached hydrogens (tertiary/aromatic N) is 4. The Balaban J connectivity index is 1.43. The Kier molecular flexibility index (Phi) is 6.22. The minimum Gasteiger partial charge on any atom is -0.309 e. The molecule has 9 aromatic rings. The molecule has 0 aliphatic heterocycles. The number of hydrogen-bond acceptors (Lipinski definition) is 2. The average molecular weight is 611 g/mol. The summed E-state index contributed by atoms with van der Waals surface area (Å²) in [4.78, 5) is 0. The van der Waals surface area contributed by atoms with E-state index in [0.717, 1.165) is 71.9 Å². The molecule has 7 aromatic carbocycles. The van der Waals surface area contributed by atoms with Crippen molar-refractivity contribution in [2.75, 3.05) is 0 Å². The summed E-state index contributed by atoms with van der Waals surface area (Å²) in [6, 6.07) is 58.9. The first-order valence-corrected chi connectivity index (χ1v) is 15.9. The number of benzene rings is 7. The molecule has 0 fully saturated rings. The molecule has 48 heavy (non-hydrogen) atoms. The number of rotatable bonds is 4. The molecule has 0 spiro atoms. The number of aromatic nitrogens is 2. The Bertz CT molecular complexity index is 2800. The third-order valence-electron chi connectivity index (χ3n) is 9.42. The number of nitriles is 2. The van der Waals surface area contributed by atoms with Crippen LogP contribution in [0.1, 0.15) is 11.1 Å². The van der Waals surface area contributed by atoms with E-state index in [9.17, 15) is 10.5 Å². The first-order chi connectivity index (χ1) is 23.8. The predicted molar refractivity (Wildman–Crippen MR) is 195 cm³/mol. The fourth-order valence-corrected chi connectivity index (χ4v) is 7.39. The number of fused-ring (bicyclic) bond motifs is 6. The molecule has 0 bridgehead atoms. The molecule has 0 radical (unpaired) electrons. The van der Waals surface area contributed by atoms with Crippen molar-refractivity contribution in [3.8, 4) is 45.8 Å². The topological polar surface area (TPSA) is 57.4 Å². The summed E-state index contributed by atoms with van der Waals surface area (Å²) in [7, 11) is 0. The Hall–Kier alpha value is -6.88. The number of hydrogen-bond donors (Lipinski definition) is 0. The van der Waals surface area contributed by atoms with Crippen molar-refractivity contribution in [1.82, 2.24) is 9.13 Å². The van der Waals surface area contributed by atoms with Gasteiger partial charge in [0.2, 0.25) is 0 Å². The van der Waals surface area contributed by atoms with Crippen LogP contribution in [0, 0.1) is 22.7 Å². The van der Waals surface area contributed by atoms with Gasteiger partial charge in [-0.1, -0.05) is 109 Å². The summed E-state index contributed by atoms with van der Waals surface area (Å²) in [5.74, 6) is 0. The molecule has 0 atom stereocenters. The second-order valence-corrected chi connectivity index (χ2v) is 11.9. The van der Waals surface area contributed by atoms with Gasteiger partial charge >= 0.3 is 0 Å². The fourth-order valence-electron chi connectivity index (χ4n) is 7.39. The second-order valence-electron chi connectivity index (χ2n) is 11.9. The highest BCUT2D eigenvalue weighted by Gasteiger charge is 2.22. The van der Waals surface area contributed by atoms with Crippen molar-refractivity contribution >= 4 is 43.6 Å². The zero-order valence-electron chi connectivity index (χ0n) is 25.8. The maximum Gasteiger partial charge on any atom is 0.0998 e. The van der Waals surface area contributed by atoms with Gasteiger partial charge in [0.05, 0.1) is 51.0 Å². The van der Waals surface area contributed by atoms with Crippen LogP contribution in [0.25, 0.3) is 77.2 Å². The summed E-state index contributed by atoms with van der Waals surface area (Å²) in [5, 5.41) is 24.2. The first-order valence-electron chi connectivity index (χ1n) is 15.9. The second kappa shape index (κ2) is 10.9. The highest BCUT2D eigenvalue weighted by molar-refractivity contribution is 6.19. The summed E-state index contributed by atoms with van der Waals surface area (Å²) < 4.78 is 4.70. The van der Waals surface area contributed by atoms with Crippen LogP contribution in [0.15, 0.2) is 158 Å². The lowest BCUT2D eigenvalue weighted by Gasteiger charge is -2.17. The Morgan fingerprint density at radius 1 is 0.375 bits per heavy atom. The van der Waals surface area contributed by atoms with Gasteiger partial charge in [0.1, 0.15) is 0 Å². The molecular weight excluding hydrogens is 585 g/mol. The minimum absolute atomic E-state index is 0.630. The zero-order valence-corrected chi connectivity index (χ0v) is 25.8. The van der Waals surface area contributed by atoms with E-state index in [4.69, 9.17) is 0 Å². The third kappa shape index (κ3) is 4.01. The van der Waals surface area contributed by atoms with Crippen molar-refractivity contribution in [3.05, 3.63) is 169 Å². The lowest BCUT2D eigenvalue weighted by atomic mass is 9.97. The molecule has 9 rings (SSSR count). The lowest BCUT2D eigenvalue weighted by molar-refractivity contribution is 1.17. The summed E-state index contributed by atoms with van der Waals surface area (Å²) in [6.45, 7) is 0. The van der Waals surface area contributed by atoms with E-state index in [2.05, 4.69) is 124 Å². The van der Waals surface area contributed by atoms with Gasteiger partial charge in [0.25, 0.3) is 0 Å². The maximum absolute atomic E-state index is 10.1. The molecule has 0 saturated heterocycles. The minimum atomic E-state index is 0.630. The number of para-hydroxylation sites is 5. The van der Waals surface area contributed by atoms with Gasteiger partial charge in [0.15, 0.2) is 0 Å². The van der Waals surface area contributed by atoms with Gasteiger partial charge in [-0.3, -0.25) is 0 Å². The monoisotopic (exact) mass is 610 g/mol. The van der Waals surface area contributed by atoms with Gasteiger partial charge in [-0.2, -0.15) is 10.5 Å². The average Bonchev–Trinajstić information content (AvgIpc) is 3.68. The summed E-state index contributed by atoms with van der Waals surface area (Å²) in [5.41, 5.74) is 11.8. The van der Waals surface area contributed by atoms with Crippen LogP contribution in [0.4, 0.5) is 0 Å². The van der Waals surface area contributed by atoms with Gasteiger partial charge in [-0.15, -0.1) is 0 Å². The standard InChI is InChI=1S/C44H26N4/c45-27-29-23-25-31(26-24-29)47-40-20-6-4-14-34(40)36-16-9-18-38(43(36)47)39-19-10-17-37-35-15-5-8-22-42(35)48(44(37)39)41-21-7-3-13-33(41)32-12-2-1-11-30(32)28-46/h1-26H. The molecule has 0 N–H and O–H groups in total. The third-order valence-corrected chi connectivity index (χ3v) is 9.42. The molecular formula is C44H26N4. The van der Waals surface area contributed by atoms with Gasteiger partial charge in [0, 0.05) is 49.5 Å². The molecule has 0 aliphatic rings. The van der Waals surface area contributed by atoms with Crippen molar-refractivity contribution in [2.24, 2.45) is 0 Å². The highest BCUT2D eigenvalue weighted by Crippen LogP contribution is 2.44. The van der Waals surface area contributed by atoms with Crippen LogP contribution >= 0.6 is 0 Å². The Morgan fingerprint density at radius 2 is 0.875 bits per heavy atom. The molecule has 222 valence electrons. The van der Waals surface area contributed by atoms with Gasteiger partial charge in [-0.05, 0) is 48.5 Å². The van der Waals surface area contributed by atoms with Crippen LogP contribution in [0.5, 0.6) is 0 Å².